The van der Waals surface area contributed by atoms with Gasteiger partial charge in [-0.3, -0.25) is 0 Å². The first-order chi connectivity index (χ1) is 11.7. The highest BCUT2D eigenvalue weighted by Gasteiger charge is 2.34. The summed E-state index contributed by atoms with van der Waals surface area (Å²) in [6.07, 6.45) is 3.33. The molecule has 25 heavy (non-hydrogen) atoms. The molecule has 0 aliphatic rings. The third-order valence-electron chi connectivity index (χ3n) is 5.27. The van der Waals surface area contributed by atoms with Crippen molar-refractivity contribution in [1.82, 2.24) is 0 Å². The maximum Gasteiger partial charge on any atom is 0.192 e. The van der Waals surface area contributed by atoms with Gasteiger partial charge in [-0.05, 0) is 48.5 Å². The van der Waals surface area contributed by atoms with E-state index in [1.54, 1.807) is 7.11 Å². The number of hydrogen-bond acceptors (Lipinski definition) is 2. The molecule has 0 aliphatic carbocycles. The molecule has 0 amide bonds. The number of hydrogen-bond donors (Lipinski definition) is 0. The first-order valence-electron chi connectivity index (χ1n) is 9.72. The van der Waals surface area contributed by atoms with Crippen LogP contribution in [0.25, 0.3) is 0 Å². The lowest BCUT2D eigenvalue weighted by Crippen LogP contribution is -2.37. The van der Waals surface area contributed by atoms with Crippen LogP contribution in [-0.4, -0.2) is 15.4 Å². The zero-order valence-electron chi connectivity index (χ0n) is 17.2. The van der Waals surface area contributed by atoms with Crippen LogP contribution in [-0.2, 0) is 4.43 Å². The number of rotatable bonds is 10. The Balaban J connectivity index is 3.15. The number of methoxy groups -OCH3 is 1. The molecule has 4 heteroatoms. The average molecular weight is 385 g/mol. The van der Waals surface area contributed by atoms with Crippen molar-refractivity contribution in [3.8, 4) is 5.75 Å². The van der Waals surface area contributed by atoms with Crippen LogP contribution in [0.3, 0.4) is 0 Å². The van der Waals surface area contributed by atoms with Gasteiger partial charge in [0.15, 0.2) is 8.32 Å². The number of halogens is 1. The minimum Gasteiger partial charge on any atom is -0.496 e. The van der Waals surface area contributed by atoms with Crippen molar-refractivity contribution in [2.75, 3.05) is 7.11 Å². The fourth-order valence-corrected chi connectivity index (χ4v) is 6.52. The number of ether oxygens (including phenoxy) is 1. The van der Waals surface area contributed by atoms with E-state index in [0.717, 1.165) is 47.3 Å². The second-order valence-electron chi connectivity index (χ2n) is 8.16. The van der Waals surface area contributed by atoms with E-state index in [0.29, 0.717) is 5.41 Å². The summed E-state index contributed by atoms with van der Waals surface area (Å²) >= 11 is 6.59. The summed E-state index contributed by atoms with van der Waals surface area (Å²) in [5.41, 5.74) is 1.37. The van der Waals surface area contributed by atoms with Crippen molar-refractivity contribution in [2.24, 2.45) is 5.41 Å². The first-order valence-corrected chi connectivity index (χ1v) is 12.6. The second kappa shape index (κ2) is 9.99. The summed E-state index contributed by atoms with van der Waals surface area (Å²) in [7, 11) is -0.0182. The van der Waals surface area contributed by atoms with Gasteiger partial charge in [0.1, 0.15) is 5.75 Å². The molecule has 0 aromatic heterocycles. The molecule has 1 unspecified atom stereocenters. The minimum atomic E-state index is -1.73. The molecule has 144 valence electrons. The molecule has 0 bridgehead atoms. The Kier molecular flexibility index (Phi) is 9.00. The zero-order valence-corrected chi connectivity index (χ0v) is 19.0. The van der Waals surface area contributed by atoms with Crippen molar-refractivity contribution >= 4 is 19.9 Å². The maximum absolute atomic E-state index is 6.88. The van der Waals surface area contributed by atoms with Crippen LogP contribution in [0.4, 0.5) is 0 Å². The molecular formula is C21H37ClO2Si. The minimum absolute atomic E-state index is 0.0255. The van der Waals surface area contributed by atoms with Gasteiger partial charge in [-0.15, -0.1) is 0 Å². The van der Waals surface area contributed by atoms with Crippen molar-refractivity contribution in [3.63, 3.8) is 0 Å². The van der Waals surface area contributed by atoms with Crippen LogP contribution in [0.2, 0.25) is 23.2 Å². The van der Waals surface area contributed by atoms with Gasteiger partial charge in [0.2, 0.25) is 0 Å². The smallest absolute Gasteiger partial charge is 0.192 e. The second-order valence-corrected chi connectivity index (χ2v) is 13.3. The van der Waals surface area contributed by atoms with Crippen molar-refractivity contribution in [1.29, 1.82) is 0 Å². The van der Waals surface area contributed by atoms with E-state index >= 15 is 0 Å². The molecule has 0 N–H and O–H groups in total. The molecule has 0 radical (unpaired) electrons. The molecule has 1 rings (SSSR count). The monoisotopic (exact) mass is 384 g/mol. The molecule has 0 saturated heterocycles. The third-order valence-corrected chi connectivity index (χ3v) is 10.3. The Morgan fingerprint density at radius 3 is 2.16 bits per heavy atom. The Morgan fingerprint density at radius 1 is 1.08 bits per heavy atom. The lowest BCUT2D eigenvalue weighted by molar-refractivity contribution is 0.166. The Hall–Kier alpha value is -0.513. The number of benzene rings is 1. The molecule has 0 aliphatic heterocycles. The van der Waals surface area contributed by atoms with Gasteiger partial charge in [-0.1, -0.05) is 65.6 Å². The fraction of sp³-hybridized carbons (Fsp3) is 0.714. The molecule has 1 atom stereocenters. The van der Waals surface area contributed by atoms with Crippen LogP contribution in [0, 0.1) is 5.41 Å². The van der Waals surface area contributed by atoms with Crippen LogP contribution in [0.5, 0.6) is 5.75 Å². The van der Waals surface area contributed by atoms with E-state index in [2.05, 4.69) is 41.5 Å². The van der Waals surface area contributed by atoms with E-state index in [1.165, 1.54) is 6.42 Å². The molecule has 1 aromatic carbocycles. The van der Waals surface area contributed by atoms with Gasteiger partial charge in [-0.25, -0.2) is 0 Å². The van der Waals surface area contributed by atoms with Crippen LogP contribution < -0.4 is 4.74 Å². The largest absolute Gasteiger partial charge is 0.496 e. The highest BCUT2D eigenvalue weighted by atomic mass is 35.5. The molecule has 0 fully saturated rings. The first kappa shape index (κ1) is 22.5. The Labute approximate surface area is 161 Å². The summed E-state index contributed by atoms with van der Waals surface area (Å²) in [6, 6.07) is 9.32. The molecule has 0 heterocycles. The van der Waals surface area contributed by atoms with Crippen molar-refractivity contribution < 1.29 is 9.16 Å². The van der Waals surface area contributed by atoms with Gasteiger partial charge in [0.25, 0.3) is 0 Å². The van der Waals surface area contributed by atoms with Gasteiger partial charge >= 0.3 is 0 Å². The van der Waals surface area contributed by atoms with Crippen molar-refractivity contribution in [2.45, 2.75) is 85.0 Å². The quantitative estimate of drug-likeness (QED) is 0.386. The highest BCUT2D eigenvalue weighted by Crippen LogP contribution is 2.41. The van der Waals surface area contributed by atoms with Crippen LogP contribution >= 0.6 is 11.6 Å². The van der Waals surface area contributed by atoms with E-state index in [4.69, 9.17) is 20.8 Å². The lowest BCUT2D eigenvalue weighted by atomic mass is 9.88. The predicted molar refractivity (Wildman–Crippen MR) is 112 cm³/mol. The molecule has 0 saturated carbocycles. The summed E-state index contributed by atoms with van der Waals surface area (Å²) in [5, 5.41) is 0.756. The zero-order chi connectivity index (χ0) is 19.1. The summed E-state index contributed by atoms with van der Waals surface area (Å²) in [6.45, 7) is 13.7. The van der Waals surface area contributed by atoms with Crippen LogP contribution in [0.15, 0.2) is 18.2 Å². The lowest BCUT2D eigenvalue weighted by Gasteiger charge is -2.35. The maximum atomic E-state index is 6.88. The molecule has 1 aromatic rings. The van der Waals surface area contributed by atoms with Crippen LogP contribution in [0.1, 0.15) is 72.5 Å². The van der Waals surface area contributed by atoms with E-state index in [9.17, 15) is 0 Å². The molecule has 0 spiro atoms. The predicted octanol–water partition coefficient (Wildman–Crippen LogP) is 7.63. The SMILES string of the molecule is CC[Si](CC)(CC)OC(CCCC(C)(C)C)c1c(Cl)cccc1OC. The van der Waals surface area contributed by atoms with E-state index in [-0.39, 0.29) is 6.10 Å². The fourth-order valence-electron chi connectivity index (χ4n) is 3.39. The topological polar surface area (TPSA) is 18.5 Å². The molecule has 2 nitrogen and oxygen atoms in total. The van der Waals surface area contributed by atoms with Gasteiger partial charge in [0.05, 0.1) is 18.2 Å². The highest BCUT2D eigenvalue weighted by molar-refractivity contribution is 6.73. The Bertz CT molecular complexity index is 513. The van der Waals surface area contributed by atoms with E-state index < -0.39 is 8.32 Å². The van der Waals surface area contributed by atoms with E-state index in [1.807, 2.05) is 18.2 Å². The standard InChI is InChI=1S/C21H37ClO2Si/c1-8-25(9-2,10-3)24-19(15-12-16-21(4,5)6)20-17(22)13-11-14-18(20)23-7/h11,13-14,19H,8-10,12,15-16H2,1-7H3. The summed E-state index contributed by atoms with van der Waals surface area (Å²) < 4.78 is 12.5. The van der Waals surface area contributed by atoms with Gasteiger partial charge in [-0.2, -0.15) is 0 Å². The molecular weight excluding hydrogens is 348 g/mol. The van der Waals surface area contributed by atoms with Crippen molar-refractivity contribution in [3.05, 3.63) is 28.8 Å². The average Bonchev–Trinajstić information content (AvgIpc) is 2.57. The Morgan fingerprint density at radius 2 is 1.68 bits per heavy atom. The third kappa shape index (κ3) is 6.62. The summed E-state index contributed by atoms with van der Waals surface area (Å²) in [5.74, 6) is 0.847. The normalized spacial score (nSPS) is 13.8. The van der Waals surface area contributed by atoms with Gasteiger partial charge in [0, 0.05) is 5.56 Å². The summed E-state index contributed by atoms with van der Waals surface area (Å²) in [4.78, 5) is 0. The van der Waals surface area contributed by atoms with Gasteiger partial charge < -0.3 is 9.16 Å².